The van der Waals surface area contributed by atoms with E-state index in [0.29, 0.717) is 17.9 Å². The van der Waals surface area contributed by atoms with Gasteiger partial charge in [0.25, 0.3) is 0 Å². The number of pyridine rings is 1. The monoisotopic (exact) mass is 165 g/mol. The van der Waals surface area contributed by atoms with Crippen LogP contribution in [0.2, 0.25) is 0 Å². The molecule has 0 aliphatic heterocycles. The van der Waals surface area contributed by atoms with Gasteiger partial charge in [-0.2, -0.15) is 0 Å². The quantitative estimate of drug-likeness (QED) is 0.513. The summed E-state index contributed by atoms with van der Waals surface area (Å²) in [5.41, 5.74) is 5.85. The fourth-order valence-corrected chi connectivity index (χ4v) is 0.865. The topological polar surface area (TPSA) is 72.0 Å². The number of nitrogens with zero attached hydrogens (tertiary/aromatic N) is 1. The van der Waals surface area contributed by atoms with Crippen molar-refractivity contribution in [2.24, 2.45) is 5.73 Å². The molecule has 1 aromatic heterocycles. The van der Waals surface area contributed by atoms with Crippen LogP contribution in [0.4, 0.5) is 0 Å². The summed E-state index contributed by atoms with van der Waals surface area (Å²) in [6, 6.07) is 1.69. The fourth-order valence-electron chi connectivity index (χ4n) is 0.865. The molecule has 0 aromatic carbocycles. The third-order valence-electron chi connectivity index (χ3n) is 1.37. The summed E-state index contributed by atoms with van der Waals surface area (Å²) >= 11 is 0. The minimum absolute atomic E-state index is 0.0217. The van der Waals surface area contributed by atoms with E-state index < -0.39 is 0 Å². The second-order valence-corrected chi connectivity index (χ2v) is 2.22. The lowest BCUT2D eigenvalue weighted by Crippen LogP contribution is -2.13. The minimum atomic E-state index is -0.0217. The van der Waals surface area contributed by atoms with Crippen molar-refractivity contribution in [1.82, 2.24) is 4.98 Å². The van der Waals surface area contributed by atoms with Crippen LogP contribution in [0.25, 0.3) is 0 Å². The van der Waals surface area contributed by atoms with Crippen LogP contribution in [0.3, 0.4) is 0 Å². The van der Waals surface area contributed by atoms with E-state index in [1.807, 2.05) is 6.92 Å². The van der Waals surface area contributed by atoms with Crippen molar-refractivity contribution in [3.63, 3.8) is 0 Å². The highest BCUT2D eigenvalue weighted by Gasteiger charge is 2.04. The van der Waals surface area contributed by atoms with Gasteiger partial charge in [-0.3, -0.25) is 10.4 Å². The predicted molar refractivity (Wildman–Crippen MR) is 46.4 cm³/mol. The molecule has 0 radical (unpaired) electrons. The van der Waals surface area contributed by atoms with Crippen molar-refractivity contribution < 1.29 is 4.74 Å². The third-order valence-corrected chi connectivity index (χ3v) is 1.37. The normalized spacial score (nSPS) is 9.42. The molecule has 3 N–H and O–H groups in total. The van der Waals surface area contributed by atoms with E-state index in [0.717, 1.165) is 0 Å². The van der Waals surface area contributed by atoms with Gasteiger partial charge in [0.1, 0.15) is 11.6 Å². The Kier molecular flexibility index (Phi) is 2.63. The first-order chi connectivity index (χ1) is 5.75. The van der Waals surface area contributed by atoms with E-state index in [1.54, 1.807) is 12.3 Å². The van der Waals surface area contributed by atoms with Crippen molar-refractivity contribution in [1.29, 1.82) is 5.41 Å². The second-order valence-electron chi connectivity index (χ2n) is 2.22. The minimum Gasteiger partial charge on any atom is -0.493 e. The third kappa shape index (κ3) is 1.72. The van der Waals surface area contributed by atoms with Crippen LogP contribution in [-0.4, -0.2) is 17.4 Å². The zero-order valence-electron chi connectivity index (χ0n) is 6.87. The van der Waals surface area contributed by atoms with Gasteiger partial charge in [-0.25, -0.2) is 0 Å². The molecule has 0 saturated heterocycles. The van der Waals surface area contributed by atoms with Crippen molar-refractivity contribution >= 4 is 5.84 Å². The zero-order chi connectivity index (χ0) is 8.97. The summed E-state index contributed by atoms with van der Waals surface area (Å²) in [5.74, 6) is 0.589. The lowest BCUT2D eigenvalue weighted by atomic mass is 10.2. The molecule has 1 heterocycles. The molecule has 0 amide bonds. The maximum absolute atomic E-state index is 7.21. The highest BCUT2D eigenvalue weighted by molar-refractivity contribution is 5.97. The van der Waals surface area contributed by atoms with Crippen molar-refractivity contribution in [2.75, 3.05) is 6.61 Å². The maximum atomic E-state index is 7.21. The Morgan fingerprint density at radius 3 is 3.08 bits per heavy atom. The molecule has 0 aliphatic rings. The lowest BCUT2D eigenvalue weighted by Gasteiger charge is -2.06. The van der Waals surface area contributed by atoms with Crippen LogP contribution in [0.15, 0.2) is 18.5 Å². The van der Waals surface area contributed by atoms with Crippen molar-refractivity contribution in [3.05, 3.63) is 24.0 Å². The summed E-state index contributed by atoms with van der Waals surface area (Å²) in [6.45, 7) is 2.44. The fraction of sp³-hybridized carbons (Fsp3) is 0.250. The number of ether oxygens (including phenoxy) is 1. The van der Waals surface area contributed by atoms with Crippen LogP contribution < -0.4 is 10.5 Å². The summed E-state index contributed by atoms with van der Waals surface area (Å²) in [4.78, 5) is 3.85. The van der Waals surface area contributed by atoms with Crippen LogP contribution >= 0.6 is 0 Å². The number of hydrogen-bond donors (Lipinski definition) is 2. The molecule has 12 heavy (non-hydrogen) atoms. The molecule has 1 aromatic rings. The number of amidine groups is 1. The number of hydrogen-bond acceptors (Lipinski definition) is 3. The Morgan fingerprint density at radius 2 is 2.50 bits per heavy atom. The largest absolute Gasteiger partial charge is 0.493 e. The van der Waals surface area contributed by atoms with Gasteiger partial charge in [0.2, 0.25) is 0 Å². The smallest absolute Gasteiger partial charge is 0.133 e. The molecule has 0 atom stereocenters. The van der Waals surface area contributed by atoms with Gasteiger partial charge in [-0.05, 0) is 13.0 Å². The highest BCUT2D eigenvalue weighted by Crippen LogP contribution is 2.14. The number of nitrogens with two attached hydrogens (primary N) is 1. The van der Waals surface area contributed by atoms with E-state index in [-0.39, 0.29) is 5.84 Å². The first-order valence-corrected chi connectivity index (χ1v) is 3.67. The summed E-state index contributed by atoms with van der Waals surface area (Å²) in [7, 11) is 0. The zero-order valence-corrected chi connectivity index (χ0v) is 6.87. The average Bonchev–Trinajstić information content (AvgIpc) is 2.05. The SMILES string of the molecule is CCOc1ccncc1C(=N)N. The summed E-state index contributed by atoms with van der Waals surface area (Å²) in [6.07, 6.45) is 3.13. The molecular formula is C8H11N3O. The molecule has 0 fully saturated rings. The highest BCUT2D eigenvalue weighted by atomic mass is 16.5. The Balaban J connectivity index is 3.00. The van der Waals surface area contributed by atoms with Crippen LogP contribution in [-0.2, 0) is 0 Å². The summed E-state index contributed by atoms with van der Waals surface area (Å²) in [5, 5.41) is 7.21. The molecule has 0 unspecified atom stereocenters. The molecule has 0 spiro atoms. The van der Waals surface area contributed by atoms with Crippen molar-refractivity contribution in [2.45, 2.75) is 6.92 Å². The van der Waals surface area contributed by atoms with E-state index >= 15 is 0 Å². The Bertz CT molecular complexity index is 285. The predicted octanol–water partition coefficient (Wildman–Crippen LogP) is 0.764. The van der Waals surface area contributed by atoms with Gasteiger partial charge < -0.3 is 10.5 Å². The number of nitrogens with one attached hydrogen (secondary N) is 1. The van der Waals surface area contributed by atoms with Gasteiger partial charge >= 0.3 is 0 Å². The van der Waals surface area contributed by atoms with Gasteiger partial charge in [-0.1, -0.05) is 0 Å². The van der Waals surface area contributed by atoms with Crippen LogP contribution in [0, 0.1) is 5.41 Å². The van der Waals surface area contributed by atoms with Gasteiger partial charge in [-0.15, -0.1) is 0 Å². The number of aromatic nitrogens is 1. The Hall–Kier alpha value is -1.58. The molecule has 64 valence electrons. The lowest BCUT2D eigenvalue weighted by molar-refractivity contribution is 0.339. The molecule has 0 bridgehead atoms. The molecular weight excluding hydrogens is 154 g/mol. The Morgan fingerprint density at radius 1 is 1.75 bits per heavy atom. The van der Waals surface area contributed by atoms with E-state index in [9.17, 15) is 0 Å². The molecule has 0 saturated carbocycles. The average molecular weight is 165 g/mol. The van der Waals surface area contributed by atoms with Crippen molar-refractivity contribution in [3.8, 4) is 5.75 Å². The van der Waals surface area contributed by atoms with Gasteiger partial charge in [0.15, 0.2) is 0 Å². The molecule has 0 aliphatic carbocycles. The van der Waals surface area contributed by atoms with Gasteiger partial charge in [0, 0.05) is 12.4 Å². The van der Waals surface area contributed by atoms with Crippen LogP contribution in [0.5, 0.6) is 5.75 Å². The number of nitrogen functional groups attached to an aromatic ring is 1. The van der Waals surface area contributed by atoms with Gasteiger partial charge in [0.05, 0.1) is 12.2 Å². The Labute approximate surface area is 70.9 Å². The first kappa shape index (κ1) is 8.52. The molecule has 4 heteroatoms. The number of rotatable bonds is 3. The molecule has 4 nitrogen and oxygen atoms in total. The van der Waals surface area contributed by atoms with Crippen LogP contribution in [0.1, 0.15) is 12.5 Å². The molecule has 1 rings (SSSR count). The van der Waals surface area contributed by atoms with E-state index in [2.05, 4.69) is 4.98 Å². The second kappa shape index (κ2) is 3.71. The standard InChI is InChI=1S/C8H11N3O/c1-2-12-7-3-4-11-5-6(7)8(9)10/h3-5H,2H2,1H3,(H3,9,10). The van der Waals surface area contributed by atoms with E-state index in [4.69, 9.17) is 15.9 Å². The van der Waals surface area contributed by atoms with E-state index in [1.165, 1.54) is 6.20 Å². The first-order valence-electron chi connectivity index (χ1n) is 3.67. The summed E-state index contributed by atoms with van der Waals surface area (Å²) < 4.78 is 5.24. The maximum Gasteiger partial charge on any atom is 0.133 e.